The Morgan fingerprint density at radius 2 is 2.28 bits per heavy atom. The van der Waals surface area contributed by atoms with Crippen LogP contribution < -0.4 is 4.74 Å². The van der Waals surface area contributed by atoms with Gasteiger partial charge in [-0.3, -0.25) is 10.1 Å². The van der Waals surface area contributed by atoms with Gasteiger partial charge in [-0.2, -0.15) is 0 Å². The first-order chi connectivity index (χ1) is 8.45. The summed E-state index contributed by atoms with van der Waals surface area (Å²) in [5.74, 6) is -0.930. The fraction of sp³-hybridized carbons (Fsp3) is 0.364. The summed E-state index contributed by atoms with van der Waals surface area (Å²) in [7, 11) is 0. The molecule has 0 heterocycles. The van der Waals surface area contributed by atoms with Crippen LogP contribution in [0.2, 0.25) is 0 Å². The average Bonchev–Trinajstić information content (AvgIpc) is 2.30. The van der Waals surface area contributed by atoms with Gasteiger partial charge in [0.05, 0.1) is 15.5 Å². The number of nitrogens with zero attached hydrogens (tertiary/aromatic N) is 1. The monoisotopic (exact) mass is 317 g/mol. The first-order valence-electron chi connectivity index (χ1n) is 5.29. The third-order valence-corrected chi connectivity index (χ3v) is 2.88. The van der Waals surface area contributed by atoms with Crippen LogP contribution in [0.3, 0.4) is 0 Å². The predicted octanol–water partition coefficient (Wildman–Crippen LogP) is 2.99. The maximum Gasteiger partial charge on any atom is 0.344 e. The molecule has 0 saturated heterocycles. The van der Waals surface area contributed by atoms with E-state index < -0.39 is 17.0 Å². The number of aliphatic carboxylic acids is 1. The number of hydrogen-bond donors (Lipinski definition) is 1. The van der Waals surface area contributed by atoms with Crippen molar-refractivity contribution in [1.82, 2.24) is 0 Å². The van der Waals surface area contributed by atoms with Crippen LogP contribution in [0.5, 0.6) is 5.75 Å². The summed E-state index contributed by atoms with van der Waals surface area (Å²) in [5, 5.41) is 19.6. The van der Waals surface area contributed by atoms with Crippen molar-refractivity contribution in [2.75, 3.05) is 0 Å². The molecule has 6 nitrogen and oxygen atoms in total. The summed E-state index contributed by atoms with van der Waals surface area (Å²) in [6.07, 6.45) is -0.0261. The summed E-state index contributed by atoms with van der Waals surface area (Å²) < 4.78 is 5.77. The minimum Gasteiger partial charge on any atom is -0.479 e. The van der Waals surface area contributed by atoms with Crippen molar-refractivity contribution in [3.05, 3.63) is 32.8 Å². The first kappa shape index (κ1) is 14.4. The molecule has 0 spiro atoms. The normalized spacial score (nSPS) is 11.9. The lowest BCUT2D eigenvalue weighted by Crippen LogP contribution is -2.26. The van der Waals surface area contributed by atoms with Crippen LogP contribution in [0.25, 0.3) is 0 Å². The Hall–Kier alpha value is -1.63. The van der Waals surface area contributed by atoms with Crippen molar-refractivity contribution < 1.29 is 19.6 Å². The highest BCUT2D eigenvalue weighted by atomic mass is 79.9. The molecule has 0 aliphatic rings. The van der Waals surface area contributed by atoms with Gasteiger partial charge in [0, 0.05) is 6.07 Å². The minimum absolute atomic E-state index is 0.145. The molecule has 1 unspecified atom stereocenters. The number of benzene rings is 1. The lowest BCUT2D eigenvalue weighted by molar-refractivity contribution is -0.385. The van der Waals surface area contributed by atoms with Gasteiger partial charge in [-0.1, -0.05) is 13.3 Å². The van der Waals surface area contributed by atoms with E-state index in [2.05, 4.69) is 15.9 Å². The molecule has 18 heavy (non-hydrogen) atoms. The van der Waals surface area contributed by atoms with Crippen molar-refractivity contribution in [1.29, 1.82) is 0 Å². The van der Waals surface area contributed by atoms with Crippen molar-refractivity contribution in [2.24, 2.45) is 0 Å². The molecule has 0 aromatic heterocycles. The number of ether oxygens (including phenoxy) is 1. The van der Waals surface area contributed by atoms with E-state index in [0.29, 0.717) is 17.3 Å². The number of nitro benzene ring substituents is 1. The van der Waals surface area contributed by atoms with Gasteiger partial charge in [-0.25, -0.2) is 4.79 Å². The third-order valence-electron chi connectivity index (χ3n) is 2.22. The van der Waals surface area contributed by atoms with Crippen LogP contribution in [0.1, 0.15) is 19.8 Å². The van der Waals surface area contributed by atoms with E-state index in [9.17, 15) is 14.9 Å². The number of rotatable bonds is 6. The predicted molar refractivity (Wildman–Crippen MR) is 67.8 cm³/mol. The fourth-order valence-electron chi connectivity index (χ4n) is 1.34. The molecule has 1 aromatic rings. The van der Waals surface area contributed by atoms with Crippen LogP contribution in [-0.2, 0) is 4.79 Å². The number of carboxylic acids is 1. The van der Waals surface area contributed by atoms with E-state index >= 15 is 0 Å². The van der Waals surface area contributed by atoms with Crippen LogP contribution >= 0.6 is 15.9 Å². The molecule has 0 saturated carbocycles. The van der Waals surface area contributed by atoms with Gasteiger partial charge in [0.2, 0.25) is 0 Å². The Bertz CT molecular complexity index is 463. The van der Waals surface area contributed by atoms with Crippen molar-refractivity contribution in [3.8, 4) is 5.75 Å². The number of hydrogen-bond acceptors (Lipinski definition) is 4. The second kappa shape index (κ2) is 6.34. The molecular weight excluding hydrogens is 306 g/mol. The van der Waals surface area contributed by atoms with Crippen molar-refractivity contribution in [2.45, 2.75) is 25.9 Å². The molecule has 1 aromatic carbocycles. The molecule has 1 N–H and O–H groups in total. The Morgan fingerprint density at radius 1 is 1.61 bits per heavy atom. The molecule has 0 fully saturated rings. The van der Waals surface area contributed by atoms with Crippen molar-refractivity contribution >= 4 is 27.6 Å². The first-order valence-corrected chi connectivity index (χ1v) is 6.08. The molecule has 1 atom stereocenters. The van der Waals surface area contributed by atoms with Gasteiger partial charge in [0.1, 0.15) is 5.75 Å². The van der Waals surface area contributed by atoms with E-state index in [0.717, 1.165) is 0 Å². The molecular formula is C11H12BrNO5. The molecule has 0 aliphatic carbocycles. The van der Waals surface area contributed by atoms with E-state index in [1.54, 1.807) is 0 Å². The lowest BCUT2D eigenvalue weighted by Gasteiger charge is -2.15. The minimum atomic E-state index is -1.09. The Kier molecular flexibility index (Phi) is 5.08. The summed E-state index contributed by atoms with van der Waals surface area (Å²) >= 11 is 3.17. The highest BCUT2D eigenvalue weighted by Crippen LogP contribution is 2.30. The zero-order valence-corrected chi connectivity index (χ0v) is 11.2. The van der Waals surface area contributed by atoms with Gasteiger partial charge in [-0.15, -0.1) is 0 Å². The maximum absolute atomic E-state index is 10.9. The highest BCUT2D eigenvalue weighted by Gasteiger charge is 2.20. The molecule has 0 aliphatic heterocycles. The SMILES string of the molecule is CCCC(Oc1cc([N+](=O)[O-])ccc1Br)C(=O)O. The second-order valence-corrected chi connectivity index (χ2v) is 4.46. The molecule has 0 radical (unpaired) electrons. The Labute approximate surface area is 112 Å². The lowest BCUT2D eigenvalue weighted by atomic mass is 10.2. The van der Waals surface area contributed by atoms with E-state index in [1.807, 2.05) is 6.92 Å². The van der Waals surface area contributed by atoms with Gasteiger partial charge in [0.15, 0.2) is 6.10 Å². The standard InChI is InChI=1S/C11H12BrNO5/c1-2-3-9(11(14)15)18-10-6-7(13(16)17)4-5-8(10)12/h4-6,9H,2-3H2,1H3,(H,14,15). The van der Waals surface area contributed by atoms with Gasteiger partial charge in [-0.05, 0) is 28.4 Å². The number of non-ortho nitro benzene ring substituents is 1. The van der Waals surface area contributed by atoms with Gasteiger partial charge < -0.3 is 9.84 Å². The van der Waals surface area contributed by atoms with Gasteiger partial charge >= 0.3 is 5.97 Å². The average molecular weight is 318 g/mol. The molecule has 0 bridgehead atoms. The number of carbonyl (C=O) groups is 1. The summed E-state index contributed by atoms with van der Waals surface area (Å²) in [4.78, 5) is 21.0. The second-order valence-electron chi connectivity index (χ2n) is 3.61. The summed E-state index contributed by atoms with van der Waals surface area (Å²) in [5.41, 5.74) is -0.145. The molecule has 98 valence electrons. The van der Waals surface area contributed by atoms with Crippen LogP contribution in [-0.4, -0.2) is 22.1 Å². The van der Waals surface area contributed by atoms with Crippen LogP contribution in [0, 0.1) is 10.1 Å². The zero-order chi connectivity index (χ0) is 13.7. The van der Waals surface area contributed by atoms with Crippen LogP contribution in [0.15, 0.2) is 22.7 Å². The van der Waals surface area contributed by atoms with Crippen molar-refractivity contribution in [3.63, 3.8) is 0 Å². The Morgan fingerprint density at radius 3 is 2.78 bits per heavy atom. The third kappa shape index (κ3) is 3.69. The molecule has 0 amide bonds. The van der Waals surface area contributed by atoms with Crippen LogP contribution in [0.4, 0.5) is 5.69 Å². The number of carboxylic acid groups (broad SMARTS) is 1. The summed E-state index contributed by atoms with van der Waals surface area (Å²) in [6.45, 7) is 1.84. The van der Waals surface area contributed by atoms with E-state index in [4.69, 9.17) is 9.84 Å². The number of halogens is 1. The highest BCUT2D eigenvalue weighted by molar-refractivity contribution is 9.10. The maximum atomic E-state index is 10.9. The smallest absolute Gasteiger partial charge is 0.344 e. The summed E-state index contributed by atoms with van der Waals surface area (Å²) in [6, 6.07) is 3.97. The van der Waals surface area contributed by atoms with E-state index in [1.165, 1.54) is 18.2 Å². The van der Waals surface area contributed by atoms with Gasteiger partial charge in [0.25, 0.3) is 5.69 Å². The largest absolute Gasteiger partial charge is 0.479 e. The zero-order valence-electron chi connectivity index (χ0n) is 9.63. The fourth-order valence-corrected chi connectivity index (χ4v) is 1.68. The van der Waals surface area contributed by atoms with E-state index in [-0.39, 0.29) is 11.4 Å². The molecule has 7 heteroatoms. The Balaban J connectivity index is 2.97. The molecule has 1 rings (SSSR count). The topological polar surface area (TPSA) is 89.7 Å². The quantitative estimate of drug-likeness (QED) is 0.643. The number of nitro groups is 1.